The van der Waals surface area contributed by atoms with E-state index in [-0.39, 0.29) is 11.4 Å². The zero-order chi connectivity index (χ0) is 18.1. The van der Waals surface area contributed by atoms with Crippen molar-refractivity contribution in [3.63, 3.8) is 0 Å². The molecule has 132 valence electrons. The fraction of sp³-hybridized carbons (Fsp3) is 0.211. The van der Waals surface area contributed by atoms with Crippen molar-refractivity contribution in [3.05, 3.63) is 80.6 Å². The molecule has 0 bridgehead atoms. The van der Waals surface area contributed by atoms with Gasteiger partial charge in [-0.2, -0.15) is 0 Å². The molecule has 0 saturated carbocycles. The van der Waals surface area contributed by atoms with Crippen LogP contribution in [0.15, 0.2) is 47.4 Å². The first-order chi connectivity index (χ1) is 12.6. The topological polar surface area (TPSA) is 61.9 Å². The number of hydrogen-bond donors (Lipinski definition) is 1. The van der Waals surface area contributed by atoms with Crippen LogP contribution in [0.25, 0.3) is 11.5 Å². The molecule has 3 aromatic rings. The standard InChI is InChI=1S/C19H16ClFN4O/c20-15-9-13(21)5-4-12(15)10-25-8-6-14-17(11-25)23-18(24-19(14)26)16-3-1-2-7-22-16/h1-5,7,9H,6,8,10-11H2,(H,23,24,26). The Balaban J connectivity index is 1.61. The van der Waals surface area contributed by atoms with Crippen LogP contribution in [-0.4, -0.2) is 26.4 Å². The quantitative estimate of drug-likeness (QED) is 0.769. The fourth-order valence-corrected chi connectivity index (χ4v) is 3.37. The van der Waals surface area contributed by atoms with Crippen LogP contribution in [0.4, 0.5) is 4.39 Å². The maximum Gasteiger partial charge on any atom is 0.254 e. The third kappa shape index (κ3) is 3.38. The van der Waals surface area contributed by atoms with E-state index in [2.05, 4.69) is 19.9 Å². The van der Waals surface area contributed by atoms with Crippen molar-refractivity contribution < 1.29 is 4.39 Å². The first-order valence-electron chi connectivity index (χ1n) is 8.30. The average molecular weight is 371 g/mol. The Hall–Kier alpha value is -2.57. The van der Waals surface area contributed by atoms with E-state index in [0.717, 1.165) is 11.3 Å². The second-order valence-electron chi connectivity index (χ2n) is 6.25. The molecule has 0 radical (unpaired) electrons. The lowest BCUT2D eigenvalue weighted by atomic mass is 10.1. The van der Waals surface area contributed by atoms with Gasteiger partial charge in [0.25, 0.3) is 5.56 Å². The van der Waals surface area contributed by atoms with Crippen LogP contribution in [0.3, 0.4) is 0 Å². The minimum Gasteiger partial charge on any atom is -0.305 e. The highest BCUT2D eigenvalue weighted by Crippen LogP contribution is 2.23. The summed E-state index contributed by atoms with van der Waals surface area (Å²) < 4.78 is 13.2. The Morgan fingerprint density at radius 3 is 2.92 bits per heavy atom. The highest BCUT2D eigenvalue weighted by molar-refractivity contribution is 6.31. The van der Waals surface area contributed by atoms with E-state index in [1.165, 1.54) is 12.1 Å². The molecule has 5 nitrogen and oxygen atoms in total. The zero-order valence-corrected chi connectivity index (χ0v) is 14.6. The van der Waals surface area contributed by atoms with E-state index >= 15 is 0 Å². The molecule has 1 N–H and O–H groups in total. The number of aromatic amines is 1. The highest BCUT2D eigenvalue weighted by atomic mass is 35.5. The number of rotatable bonds is 3. The molecular weight excluding hydrogens is 355 g/mol. The Labute approximate surface area is 154 Å². The van der Waals surface area contributed by atoms with Gasteiger partial charge >= 0.3 is 0 Å². The number of halogens is 2. The summed E-state index contributed by atoms with van der Waals surface area (Å²) in [7, 11) is 0. The van der Waals surface area contributed by atoms with E-state index in [1.54, 1.807) is 12.3 Å². The molecule has 0 aliphatic carbocycles. The molecule has 0 saturated heterocycles. The van der Waals surface area contributed by atoms with Gasteiger partial charge in [-0.25, -0.2) is 9.37 Å². The lowest BCUT2D eigenvalue weighted by molar-refractivity contribution is 0.240. The molecule has 0 amide bonds. The van der Waals surface area contributed by atoms with Crippen molar-refractivity contribution >= 4 is 11.6 Å². The van der Waals surface area contributed by atoms with Crippen LogP contribution in [0.5, 0.6) is 0 Å². The van der Waals surface area contributed by atoms with Gasteiger partial charge in [-0.05, 0) is 36.2 Å². The predicted octanol–water partition coefficient (Wildman–Crippen LogP) is 3.18. The van der Waals surface area contributed by atoms with Crippen LogP contribution in [0, 0.1) is 5.82 Å². The molecule has 2 aromatic heterocycles. The zero-order valence-electron chi connectivity index (χ0n) is 13.9. The van der Waals surface area contributed by atoms with E-state index in [1.807, 2.05) is 18.2 Å². The number of aromatic nitrogens is 3. The van der Waals surface area contributed by atoms with Crippen molar-refractivity contribution in [2.24, 2.45) is 0 Å². The summed E-state index contributed by atoms with van der Waals surface area (Å²) in [5, 5.41) is 0.406. The van der Waals surface area contributed by atoms with Crippen molar-refractivity contribution in [2.75, 3.05) is 6.54 Å². The number of fused-ring (bicyclic) bond motifs is 1. The van der Waals surface area contributed by atoms with Crippen LogP contribution >= 0.6 is 11.6 Å². The molecule has 4 rings (SSSR count). The van der Waals surface area contributed by atoms with Gasteiger partial charge in [0, 0.05) is 36.4 Å². The minimum absolute atomic E-state index is 0.116. The van der Waals surface area contributed by atoms with Crippen LogP contribution in [-0.2, 0) is 19.5 Å². The van der Waals surface area contributed by atoms with Crippen LogP contribution < -0.4 is 5.56 Å². The number of nitrogens with one attached hydrogen (secondary N) is 1. The normalized spacial score (nSPS) is 14.2. The molecule has 1 aliphatic rings. The molecule has 0 unspecified atom stereocenters. The first-order valence-corrected chi connectivity index (χ1v) is 8.68. The van der Waals surface area contributed by atoms with E-state index < -0.39 is 0 Å². The van der Waals surface area contributed by atoms with Gasteiger partial charge in [0.2, 0.25) is 0 Å². The van der Waals surface area contributed by atoms with Crippen molar-refractivity contribution in [1.82, 2.24) is 19.9 Å². The predicted molar refractivity (Wildman–Crippen MR) is 97.3 cm³/mol. The summed E-state index contributed by atoms with van der Waals surface area (Å²) >= 11 is 6.13. The van der Waals surface area contributed by atoms with Crippen molar-refractivity contribution in [2.45, 2.75) is 19.5 Å². The Morgan fingerprint density at radius 1 is 1.27 bits per heavy atom. The molecule has 0 atom stereocenters. The molecule has 0 spiro atoms. The van der Waals surface area contributed by atoms with Gasteiger partial charge in [-0.3, -0.25) is 14.7 Å². The molecule has 3 heterocycles. The average Bonchev–Trinajstić information content (AvgIpc) is 2.64. The van der Waals surface area contributed by atoms with Gasteiger partial charge < -0.3 is 4.98 Å². The lowest BCUT2D eigenvalue weighted by Crippen LogP contribution is -2.35. The first kappa shape index (κ1) is 16.9. The summed E-state index contributed by atoms with van der Waals surface area (Å²) in [6, 6.07) is 9.89. The molecule has 0 fully saturated rings. The number of H-pyrrole nitrogens is 1. The Morgan fingerprint density at radius 2 is 2.15 bits per heavy atom. The third-order valence-electron chi connectivity index (χ3n) is 4.47. The van der Waals surface area contributed by atoms with Crippen molar-refractivity contribution in [1.29, 1.82) is 0 Å². The van der Waals surface area contributed by atoms with Crippen molar-refractivity contribution in [3.8, 4) is 11.5 Å². The smallest absolute Gasteiger partial charge is 0.254 e. The molecule has 26 heavy (non-hydrogen) atoms. The number of hydrogen-bond acceptors (Lipinski definition) is 4. The maximum absolute atomic E-state index is 13.2. The van der Waals surface area contributed by atoms with Crippen LogP contribution in [0.2, 0.25) is 5.02 Å². The van der Waals surface area contributed by atoms with Gasteiger partial charge in [0.05, 0.1) is 5.69 Å². The van der Waals surface area contributed by atoms with Gasteiger partial charge in [0.1, 0.15) is 11.5 Å². The van der Waals surface area contributed by atoms with E-state index in [0.29, 0.717) is 48.2 Å². The van der Waals surface area contributed by atoms with Gasteiger partial charge in [-0.15, -0.1) is 0 Å². The number of pyridine rings is 1. The highest BCUT2D eigenvalue weighted by Gasteiger charge is 2.22. The van der Waals surface area contributed by atoms with E-state index in [4.69, 9.17) is 11.6 Å². The molecule has 1 aromatic carbocycles. The maximum atomic E-state index is 13.2. The largest absolute Gasteiger partial charge is 0.305 e. The minimum atomic E-state index is -0.351. The summed E-state index contributed by atoms with van der Waals surface area (Å²) in [5.74, 6) is 0.118. The monoisotopic (exact) mass is 370 g/mol. The SMILES string of the molecule is O=c1[nH]c(-c2ccccn2)nc2c1CCN(Cc1ccc(F)cc1Cl)C2. The Bertz CT molecular complexity index is 1010. The lowest BCUT2D eigenvalue weighted by Gasteiger charge is -2.28. The van der Waals surface area contributed by atoms with Gasteiger partial charge in [0.15, 0.2) is 5.82 Å². The van der Waals surface area contributed by atoms with Crippen LogP contribution in [0.1, 0.15) is 16.8 Å². The molecule has 1 aliphatic heterocycles. The van der Waals surface area contributed by atoms with E-state index in [9.17, 15) is 9.18 Å². The second-order valence-corrected chi connectivity index (χ2v) is 6.66. The third-order valence-corrected chi connectivity index (χ3v) is 4.82. The summed E-state index contributed by atoms with van der Waals surface area (Å²) in [6.45, 7) is 1.83. The van der Waals surface area contributed by atoms with Gasteiger partial charge in [-0.1, -0.05) is 23.7 Å². The molecule has 7 heteroatoms. The second kappa shape index (κ2) is 6.97. The summed E-state index contributed by atoms with van der Waals surface area (Å²) in [6.07, 6.45) is 2.27. The molecular formula is C19H16ClFN4O. The number of benzene rings is 1. The summed E-state index contributed by atoms with van der Waals surface area (Å²) in [4.78, 5) is 26.2. The summed E-state index contributed by atoms with van der Waals surface area (Å²) in [5.41, 5.74) is 2.83. The number of nitrogens with zero attached hydrogens (tertiary/aromatic N) is 3. The Kier molecular flexibility index (Phi) is 4.53. The fourth-order valence-electron chi connectivity index (χ4n) is 3.14.